The zero-order chi connectivity index (χ0) is 9.35. The lowest BCUT2D eigenvalue weighted by atomic mass is 9.85. The van der Waals surface area contributed by atoms with Crippen molar-refractivity contribution in [2.75, 3.05) is 7.11 Å². The molecular weight excluding hydrogens is 182 g/mol. The molecule has 0 heterocycles. The number of hydrogen-bond donors (Lipinski definition) is 1. The lowest BCUT2D eigenvalue weighted by molar-refractivity contribution is -0.148. The summed E-state index contributed by atoms with van der Waals surface area (Å²) in [6, 6.07) is 0. The maximum absolute atomic E-state index is 10.8. The van der Waals surface area contributed by atoms with Gasteiger partial charge in [-0.1, -0.05) is 0 Å². The second kappa shape index (κ2) is 3.02. The Morgan fingerprint density at radius 1 is 1.50 bits per heavy atom. The van der Waals surface area contributed by atoms with E-state index in [1.165, 1.54) is 7.11 Å². The van der Waals surface area contributed by atoms with E-state index in [4.69, 9.17) is 5.14 Å². The van der Waals surface area contributed by atoms with E-state index in [2.05, 4.69) is 4.74 Å². The first-order valence-electron chi connectivity index (χ1n) is 3.54. The topological polar surface area (TPSA) is 86.5 Å². The van der Waals surface area contributed by atoms with Crippen LogP contribution in [0, 0.1) is 5.92 Å². The highest BCUT2D eigenvalue weighted by Crippen LogP contribution is 2.32. The third kappa shape index (κ3) is 1.75. The van der Waals surface area contributed by atoms with Gasteiger partial charge in [0.15, 0.2) is 0 Å². The fourth-order valence-electron chi connectivity index (χ4n) is 1.19. The zero-order valence-corrected chi connectivity index (χ0v) is 7.50. The summed E-state index contributed by atoms with van der Waals surface area (Å²) in [5.74, 6) is -0.631. The molecule has 5 nitrogen and oxygen atoms in total. The van der Waals surface area contributed by atoms with Crippen LogP contribution in [0.1, 0.15) is 12.8 Å². The molecular formula is C6H11NO4S. The Bertz CT molecular complexity index is 278. The first-order chi connectivity index (χ1) is 5.45. The van der Waals surface area contributed by atoms with Gasteiger partial charge in [0.05, 0.1) is 18.3 Å². The number of nitrogens with two attached hydrogens (primary N) is 1. The molecule has 6 heteroatoms. The molecule has 0 atom stereocenters. The van der Waals surface area contributed by atoms with Crippen molar-refractivity contribution in [1.82, 2.24) is 0 Å². The largest absolute Gasteiger partial charge is 0.469 e. The monoisotopic (exact) mass is 193 g/mol. The molecule has 70 valence electrons. The molecule has 0 aromatic carbocycles. The fraction of sp³-hybridized carbons (Fsp3) is 0.833. The van der Waals surface area contributed by atoms with Crippen LogP contribution in [0.4, 0.5) is 0 Å². The van der Waals surface area contributed by atoms with Gasteiger partial charge in [0.1, 0.15) is 0 Å². The first-order valence-corrected chi connectivity index (χ1v) is 5.15. The molecule has 0 aromatic heterocycles. The average molecular weight is 193 g/mol. The van der Waals surface area contributed by atoms with E-state index in [1.54, 1.807) is 0 Å². The molecule has 0 bridgehead atoms. The van der Waals surface area contributed by atoms with Crippen LogP contribution in [0.3, 0.4) is 0 Å². The number of methoxy groups -OCH3 is 1. The Morgan fingerprint density at radius 3 is 2.33 bits per heavy atom. The van der Waals surface area contributed by atoms with E-state index < -0.39 is 15.3 Å². The van der Waals surface area contributed by atoms with Crippen LogP contribution in [0.5, 0.6) is 0 Å². The molecule has 12 heavy (non-hydrogen) atoms. The van der Waals surface area contributed by atoms with Crippen LogP contribution in [0.2, 0.25) is 0 Å². The van der Waals surface area contributed by atoms with Crippen molar-refractivity contribution in [3.8, 4) is 0 Å². The van der Waals surface area contributed by atoms with Gasteiger partial charge in [0, 0.05) is 0 Å². The lowest BCUT2D eigenvalue weighted by Gasteiger charge is -2.30. The molecule has 1 rings (SSSR count). The van der Waals surface area contributed by atoms with Crippen molar-refractivity contribution in [2.45, 2.75) is 18.1 Å². The van der Waals surface area contributed by atoms with Gasteiger partial charge in [-0.15, -0.1) is 0 Å². The number of hydrogen-bond acceptors (Lipinski definition) is 4. The second-order valence-electron chi connectivity index (χ2n) is 2.90. The van der Waals surface area contributed by atoms with E-state index in [1.807, 2.05) is 0 Å². The second-order valence-corrected chi connectivity index (χ2v) is 4.75. The van der Waals surface area contributed by atoms with E-state index >= 15 is 0 Å². The summed E-state index contributed by atoms with van der Waals surface area (Å²) in [6.07, 6.45) is 0.594. The molecule has 0 saturated heterocycles. The van der Waals surface area contributed by atoms with Gasteiger partial charge in [-0.2, -0.15) is 0 Å². The molecule has 0 unspecified atom stereocenters. The van der Waals surface area contributed by atoms with Gasteiger partial charge in [-0.05, 0) is 12.8 Å². The van der Waals surface area contributed by atoms with Crippen molar-refractivity contribution >= 4 is 16.0 Å². The molecule has 1 fully saturated rings. The number of carbonyl (C=O) groups excluding carboxylic acids is 1. The summed E-state index contributed by atoms with van der Waals surface area (Å²) in [5.41, 5.74) is 0. The number of primary sulfonamides is 1. The van der Waals surface area contributed by atoms with E-state index in [0.717, 1.165) is 0 Å². The van der Waals surface area contributed by atoms with Gasteiger partial charge in [-0.25, -0.2) is 13.6 Å². The smallest absolute Gasteiger partial charge is 0.308 e. The Labute approximate surface area is 70.9 Å². The van der Waals surface area contributed by atoms with Crippen LogP contribution in [0.15, 0.2) is 0 Å². The Morgan fingerprint density at radius 2 is 2.00 bits per heavy atom. The first kappa shape index (κ1) is 9.47. The van der Waals surface area contributed by atoms with Crippen molar-refractivity contribution in [3.63, 3.8) is 0 Å². The molecule has 0 radical (unpaired) electrons. The van der Waals surface area contributed by atoms with E-state index in [0.29, 0.717) is 12.8 Å². The van der Waals surface area contributed by atoms with Gasteiger partial charge in [0.2, 0.25) is 10.0 Å². The lowest BCUT2D eigenvalue weighted by Crippen LogP contribution is -2.43. The van der Waals surface area contributed by atoms with Crippen molar-refractivity contribution in [1.29, 1.82) is 0 Å². The van der Waals surface area contributed by atoms with Gasteiger partial charge < -0.3 is 4.74 Å². The van der Waals surface area contributed by atoms with Crippen LogP contribution in [-0.4, -0.2) is 26.7 Å². The van der Waals surface area contributed by atoms with Gasteiger partial charge >= 0.3 is 5.97 Å². The molecule has 2 N–H and O–H groups in total. The molecule has 0 aromatic rings. The van der Waals surface area contributed by atoms with Crippen LogP contribution in [-0.2, 0) is 19.6 Å². The quantitative estimate of drug-likeness (QED) is 0.583. The number of ether oxygens (including phenoxy) is 1. The molecule has 0 spiro atoms. The molecule has 1 aliphatic rings. The van der Waals surface area contributed by atoms with Crippen LogP contribution < -0.4 is 5.14 Å². The average Bonchev–Trinajstić information content (AvgIpc) is 1.80. The summed E-state index contributed by atoms with van der Waals surface area (Å²) < 4.78 is 25.8. The van der Waals surface area contributed by atoms with Gasteiger partial charge in [-0.3, -0.25) is 4.79 Å². The van der Waals surface area contributed by atoms with Crippen LogP contribution in [0.25, 0.3) is 0 Å². The third-order valence-electron chi connectivity index (χ3n) is 2.09. The Hall–Kier alpha value is -0.620. The standard InChI is InChI=1S/C6H11NO4S/c1-11-6(8)4-2-5(3-4)12(7,9)10/h4-5H,2-3H2,1H3,(H2,7,9,10). The molecule has 1 aliphatic carbocycles. The minimum atomic E-state index is -3.45. The predicted molar refractivity (Wildman–Crippen MR) is 41.6 cm³/mol. The van der Waals surface area contributed by atoms with Crippen molar-refractivity contribution in [2.24, 2.45) is 11.1 Å². The molecule has 1 saturated carbocycles. The normalized spacial score (nSPS) is 29.2. The highest BCUT2D eigenvalue weighted by Gasteiger charge is 2.41. The summed E-state index contributed by atoms with van der Waals surface area (Å²) in [5, 5.41) is 4.31. The minimum absolute atomic E-state index is 0.279. The Balaban J connectivity index is 2.44. The highest BCUT2D eigenvalue weighted by atomic mass is 32.2. The number of carbonyl (C=O) groups is 1. The highest BCUT2D eigenvalue weighted by molar-refractivity contribution is 7.89. The third-order valence-corrected chi connectivity index (χ3v) is 3.41. The maximum Gasteiger partial charge on any atom is 0.308 e. The van der Waals surface area contributed by atoms with Crippen molar-refractivity contribution in [3.05, 3.63) is 0 Å². The minimum Gasteiger partial charge on any atom is -0.469 e. The number of rotatable bonds is 2. The summed E-state index contributed by atoms with van der Waals surface area (Å²) >= 11 is 0. The van der Waals surface area contributed by atoms with Gasteiger partial charge in [0.25, 0.3) is 0 Å². The number of sulfonamides is 1. The summed E-state index contributed by atoms with van der Waals surface area (Å²) in [6.45, 7) is 0. The molecule has 0 amide bonds. The predicted octanol–water partition coefficient (Wildman–Crippen LogP) is -0.774. The Kier molecular flexibility index (Phi) is 2.39. The van der Waals surface area contributed by atoms with Crippen LogP contribution >= 0.6 is 0 Å². The van der Waals surface area contributed by atoms with E-state index in [-0.39, 0.29) is 11.9 Å². The maximum atomic E-state index is 10.8. The molecule has 0 aliphatic heterocycles. The summed E-state index contributed by atoms with van der Waals surface area (Å²) in [4.78, 5) is 10.8. The van der Waals surface area contributed by atoms with Crippen molar-refractivity contribution < 1.29 is 17.9 Å². The zero-order valence-electron chi connectivity index (χ0n) is 6.69. The SMILES string of the molecule is COC(=O)C1CC(S(N)(=O)=O)C1. The summed E-state index contributed by atoms with van der Waals surface area (Å²) in [7, 11) is -2.16. The number of esters is 1. The van der Waals surface area contributed by atoms with E-state index in [9.17, 15) is 13.2 Å². The fourth-order valence-corrected chi connectivity index (χ4v) is 2.19.